The lowest BCUT2D eigenvalue weighted by molar-refractivity contribution is 0.0950. The second-order valence-electron chi connectivity index (χ2n) is 5.63. The zero-order valence-corrected chi connectivity index (χ0v) is 16.4. The number of hydrogen-bond acceptors (Lipinski definition) is 5. The van der Waals surface area contributed by atoms with Crippen molar-refractivity contribution in [2.75, 3.05) is 20.3 Å². The SMILES string of the molecule is CCNS(=O)(=O)c1cc(C(=O)NCc2ccc(OC)cc2)ccc1OCC. The molecule has 0 radical (unpaired) electrons. The first-order valence-electron chi connectivity index (χ1n) is 8.59. The molecule has 2 aromatic carbocycles. The van der Waals surface area contributed by atoms with E-state index in [9.17, 15) is 13.2 Å². The van der Waals surface area contributed by atoms with Gasteiger partial charge in [0.05, 0.1) is 13.7 Å². The van der Waals surface area contributed by atoms with E-state index in [2.05, 4.69) is 10.0 Å². The molecule has 0 aliphatic heterocycles. The molecule has 146 valence electrons. The van der Waals surface area contributed by atoms with Crippen molar-refractivity contribution in [3.63, 3.8) is 0 Å². The molecular weight excluding hydrogens is 368 g/mol. The molecule has 0 unspecified atom stereocenters. The minimum absolute atomic E-state index is 0.0525. The number of amides is 1. The van der Waals surface area contributed by atoms with Gasteiger partial charge < -0.3 is 14.8 Å². The molecule has 0 saturated carbocycles. The maximum Gasteiger partial charge on any atom is 0.251 e. The molecule has 0 spiro atoms. The summed E-state index contributed by atoms with van der Waals surface area (Å²) in [7, 11) is -2.18. The number of ether oxygens (including phenoxy) is 2. The maximum absolute atomic E-state index is 12.5. The van der Waals surface area contributed by atoms with E-state index in [1.807, 2.05) is 12.1 Å². The Balaban J connectivity index is 2.19. The average Bonchev–Trinajstić information content (AvgIpc) is 2.67. The number of carbonyl (C=O) groups is 1. The summed E-state index contributed by atoms with van der Waals surface area (Å²) in [5, 5.41) is 2.78. The Morgan fingerprint density at radius 3 is 2.37 bits per heavy atom. The second-order valence-corrected chi connectivity index (χ2v) is 7.36. The summed E-state index contributed by atoms with van der Waals surface area (Å²) in [6.45, 7) is 4.31. The first kappa shape index (κ1) is 20.7. The molecule has 1 amide bonds. The molecule has 27 heavy (non-hydrogen) atoms. The Labute approximate surface area is 159 Å². The fraction of sp³-hybridized carbons (Fsp3) is 0.316. The van der Waals surface area contributed by atoms with E-state index in [0.29, 0.717) is 13.2 Å². The maximum atomic E-state index is 12.5. The Hall–Kier alpha value is -2.58. The Bertz CT molecular complexity index is 879. The lowest BCUT2D eigenvalue weighted by Crippen LogP contribution is -2.26. The number of hydrogen-bond donors (Lipinski definition) is 2. The summed E-state index contributed by atoms with van der Waals surface area (Å²) in [5.41, 5.74) is 1.14. The van der Waals surface area contributed by atoms with Gasteiger partial charge in [0.15, 0.2) is 0 Å². The van der Waals surface area contributed by atoms with Gasteiger partial charge in [-0.3, -0.25) is 4.79 Å². The van der Waals surface area contributed by atoms with E-state index in [0.717, 1.165) is 11.3 Å². The van der Waals surface area contributed by atoms with Crippen LogP contribution < -0.4 is 19.5 Å². The molecular formula is C19H24N2O5S. The van der Waals surface area contributed by atoms with Crippen LogP contribution in [0, 0.1) is 0 Å². The molecule has 0 aliphatic rings. The van der Waals surface area contributed by atoms with Crippen LogP contribution in [-0.4, -0.2) is 34.6 Å². The predicted octanol–water partition coefficient (Wildman–Crippen LogP) is 2.32. The topological polar surface area (TPSA) is 93.7 Å². The monoisotopic (exact) mass is 392 g/mol. The normalized spacial score (nSPS) is 11.1. The van der Waals surface area contributed by atoms with Crippen molar-refractivity contribution < 1.29 is 22.7 Å². The summed E-state index contributed by atoms with van der Waals surface area (Å²) < 4.78 is 37.7. The van der Waals surface area contributed by atoms with Gasteiger partial charge in [-0.05, 0) is 42.8 Å². The molecule has 2 rings (SSSR count). The van der Waals surface area contributed by atoms with E-state index >= 15 is 0 Å². The fourth-order valence-corrected chi connectivity index (χ4v) is 3.64. The highest BCUT2D eigenvalue weighted by Gasteiger charge is 2.21. The summed E-state index contributed by atoms with van der Waals surface area (Å²) in [6.07, 6.45) is 0. The van der Waals surface area contributed by atoms with E-state index in [-0.39, 0.29) is 28.7 Å². The molecule has 0 bridgehead atoms. The average molecular weight is 392 g/mol. The van der Waals surface area contributed by atoms with Gasteiger partial charge in [-0.1, -0.05) is 19.1 Å². The number of nitrogens with one attached hydrogen (secondary N) is 2. The number of sulfonamides is 1. The smallest absolute Gasteiger partial charge is 0.251 e. The van der Waals surface area contributed by atoms with Crippen LogP contribution >= 0.6 is 0 Å². The highest BCUT2D eigenvalue weighted by Crippen LogP contribution is 2.25. The Morgan fingerprint density at radius 1 is 1.07 bits per heavy atom. The van der Waals surface area contributed by atoms with Gasteiger partial charge in [0.25, 0.3) is 5.91 Å². The molecule has 0 heterocycles. The van der Waals surface area contributed by atoms with Gasteiger partial charge in [0.1, 0.15) is 16.4 Å². The summed E-state index contributed by atoms with van der Waals surface area (Å²) in [6, 6.07) is 11.7. The largest absolute Gasteiger partial charge is 0.497 e. The van der Waals surface area contributed by atoms with Crippen LogP contribution in [0.3, 0.4) is 0 Å². The first-order valence-corrected chi connectivity index (χ1v) is 10.1. The third-order valence-corrected chi connectivity index (χ3v) is 5.31. The summed E-state index contributed by atoms with van der Waals surface area (Å²) in [4.78, 5) is 12.4. The third kappa shape index (κ3) is 5.45. The van der Waals surface area contributed by atoms with Crippen molar-refractivity contribution in [3.8, 4) is 11.5 Å². The van der Waals surface area contributed by atoms with Crippen molar-refractivity contribution in [1.29, 1.82) is 0 Å². The van der Waals surface area contributed by atoms with Crippen molar-refractivity contribution >= 4 is 15.9 Å². The minimum Gasteiger partial charge on any atom is -0.497 e. The molecule has 7 nitrogen and oxygen atoms in total. The lowest BCUT2D eigenvalue weighted by Gasteiger charge is -2.13. The number of methoxy groups -OCH3 is 1. The zero-order chi connectivity index (χ0) is 19.9. The Morgan fingerprint density at radius 2 is 1.78 bits per heavy atom. The lowest BCUT2D eigenvalue weighted by atomic mass is 10.2. The highest BCUT2D eigenvalue weighted by molar-refractivity contribution is 7.89. The van der Waals surface area contributed by atoms with E-state index in [1.165, 1.54) is 12.1 Å². The van der Waals surface area contributed by atoms with Crippen molar-refractivity contribution in [3.05, 3.63) is 53.6 Å². The van der Waals surface area contributed by atoms with Gasteiger partial charge in [0.2, 0.25) is 10.0 Å². The van der Waals surface area contributed by atoms with Gasteiger partial charge in [-0.25, -0.2) is 13.1 Å². The van der Waals surface area contributed by atoms with Gasteiger partial charge in [0, 0.05) is 18.7 Å². The van der Waals surface area contributed by atoms with Gasteiger partial charge in [-0.2, -0.15) is 0 Å². The summed E-state index contributed by atoms with van der Waals surface area (Å²) >= 11 is 0. The third-order valence-electron chi connectivity index (χ3n) is 3.74. The van der Waals surface area contributed by atoms with Crippen LogP contribution in [0.2, 0.25) is 0 Å². The highest BCUT2D eigenvalue weighted by atomic mass is 32.2. The van der Waals surface area contributed by atoms with E-state index < -0.39 is 10.0 Å². The standard InChI is InChI=1S/C19H24N2O5S/c1-4-21-27(23,24)18-12-15(8-11-17(18)26-5-2)19(22)20-13-14-6-9-16(25-3)10-7-14/h6-12,21H,4-5,13H2,1-3H3,(H,20,22). The first-order chi connectivity index (χ1) is 12.9. The molecule has 0 aliphatic carbocycles. The van der Waals surface area contributed by atoms with Crippen LogP contribution in [0.1, 0.15) is 29.8 Å². The van der Waals surface area contributed by atoms with Crippen LogP contribution in [0.15, 0.2) is 47.4 Å². The molecule has 0 saturated heterocycles. The second kappa shape index (κ2) is 9.38. The van der Waals surface area contributed by atoms with Gasteiger partial charge >= 0.3 is 0 Å². The molecule has 8 heteroatoms. The minimum atomic E-state index is -3.76. The quantitative estimate of drug-likeness (QED) is 0.683. The summed E-state index contributed by atoms with van der Waals surface area (Å²) in [5.74, 6) is 0.571. The number of benzene rings is 2. The van der Waals surface area contributed by atoms with E-state index in [4.69, 9.17) is 9.47 Å². The molecule has 0 fully saturated rings. The zero-order valence-electron chi connectivity index (χ0n) is 15.6. The van der Waals surface area contributed by atoms with Crippen LogP contribution in [0.5, 0.6) is 11.5 Å². The van der Waals surface area contributed by atoms with E-state index in [1.54, 1.807) is 39.2 Å². The Kier molecular flexibility index (Phi) is 7.20. The predicted molar refractivity (Wildman–Crippen MR) is 103 cm³/mol. The molecule has 0 atom stereocenters. The molecule has 2 aromatic rings. The van der Waals surface area contributed by atoms with Crippen LogP contribution in [0.25, 0.3) is 0 Å². The van der Waals surface area contributed by atoms with Crippen molar-refractivity contribution in [1.82, 2.24) is 10.0 Å². The van der Waals surface area contributed by atoms with Crippen LogP contribution in [0.4, 0.5) is 0 Å². The molecule has 0 aromatic heterocycles. The molecule has 2 N–H and O–H groups in total. The fourth-order valence-electron chi connectivity index (χ4n) is 2.43. The van der Waals surface area contributed by atoms with Crippen molar-refractivity contribution in [2.45, 2.75) is 25.3 Å². The number of rotatable bonds is 9. The number of carbonyl (C=O) groups excluding carboxylic acids is 1. The van der Waals surface area contributed by atoms with Crippen LogP contribution in [-0.2, 0) is 16.6 Å². The van der Waals surface area contributed by atoms with Crippen molar-refractivity contribution in [2.24, 2.45) is 0 Å². The van der Waals surface area contributed by atoms with Gasteiger partial charge in [-0.15, -0.1) is 0 Å².